The number of nitro benzene ring substituents is 1. The molecule has 0 aliphatic rings. The first-order valence-electron chi connectivity index (χ1n) is 13.2. The lowest BCUT2D eigenvalue weighted by atomic mass is 10.1. The summed E-state index contributed by atoms with van der Waals surface area (Å²) in [5, 5.41) is 14.2. The quantitative estimate of drug-likeness (QED) is 0.149. The first-order chi connectivity index (χ1) is 21.1. The maximum absolute atomic E-state index is 13.9. The number of nitro groups is 1. The van der Waals surface area contributed by atoms with Gasteiger partial charge in [0.25, 0.3) is 25.7 Å². The highest BCUT2D eigenvalue weighted by molar-refractivity contribution is 7.93. The lowest BCUT2D eigenvalue weighted by Crippen LogP contribution is -2.38. The van der Waals surface area contributed by atoms with Gasteiger partial charge in [0.2, 0.25) is 5.91 Å². The monoisotopic (exact) mass is 672 g/mol. The van der Waals surface area contributed by atoms with Crippen molar-refractivity contribution in [3.8, 4) is 5.75 Å². The summed E-state index contributed by atoms with van der Waals surface area (Å²) in [6.45, 7) is 4.25. The number of halogens is 1. The summed E-state index contributed by atoms with van der Waals surface area (Å²) in [4.78, 5) is 23.6. The van der Waals surface area contributed by atoms with E-state index in [9.17, 15) is 31.7 Å². The Morgan fingerprint density at radius 1 is 0.889 bits per heavy atom. The van der Waals surface area contributed by atoms with Crippen LogP contribution in [-0.2, 0) is 24.8 Å². The van der Waals surface area contributed by atoms with E-state index in [1.54, 1.807) is 26.0 Å². The molecule has 0 aliphatic heterocycles. The number of hydrogen-bond donors (Lipinski definition) is 2. The van der Waals surface area contributed by atoms with E-state index in [0.29, 0.717) is 5.69 Å². The third-order valence-electron chi connectivity index (χ3n) is 6.83. The number of nitrogens with one attached hydrogen (secondary N) is 2. The van der Waals surface area contributed by atoms with E-state index >= 15 is 0 Å². The van der Waals surface area contributed by atoms with Crippen molar-refractivity contribution in [1.82, 2.24) is 0 Å². The van der Waals surface area contributed by atoms with Crippen LogP contribution in [-0.4, -0.2) is 41.3 Å². The zero-order valence-electron chi connectivity index (χ0n) is 24.6. The second-order valence-corrected chi connectivity index (χ2v) is 14.0. The smallest absolute Gasteiger partial charge is 0.273 e. The van der Waals surface area contributed by atoms with Crippen LogP contribution in [0.25, 0.3) is 0 Å². The maximum Gasteiger partial charge on any atom is 0.273 e. The van der Waals surface area contributed by atoms with Crippen molar-refractivity contribution in [1.29, 1.82) is 0 Å². The Balaban J connectivity index is 1.64. The molecule has 0 aliphatic carbocycles. The molecule has 0 saturated carbocycles. The first kappa shape index (κ1) is 33.2. The molecule has 0 saturated heterocycles. The molecule has 45 heavy (non-hydrogen) atoms. The van der Waals surface area contributed by atoms with Crippen molar-refractivity contribution in [2.45, 2.75) is 30.6 Å². The molecule has 0 bridgehead atoms. The van der Waals surface area contributed by atoms with Gasteiger partial charge in [-0.05, 0) is 80.4 Å². The van der Waals surface area contributed by atoms with E-state index in [1.807, 2.05) is 6.07 Å². The lowest BCUT2D eigenvalue weighted by Gasteiger charge is -2.26. The number of anilines is 3. The summed E-state index contributed by atoms with van der Waals surface area (Å²) in [5.74, 6) is -0.727. The third-order valence-corrected chi connectivity index (χ3v) is 10.2. The first-order valence-corrected chi connectivity index (χ1v) is 16.5. The van der Waals surface area contributed by atoms with Crippen LogP contribution in [0.1, 0.15) is 16.7 Å². The van der Waals surface area contributed by atoms with Crippen LogP contribution >= 0.6 is 11.6 Å². The van der Waals surface area contributed by atoms with Crippen LogP contribution in [0.3, 0.4) is 0 Å². The number of hydrogen-bond acceptors (Lipinski definition) is 8. The highest BCUT2D eigenvalue weighted by atomic mass is 35.5. The zero-order chi connectivity index (χ0) is 33.1. The molecule has 4 rings (SSSR count). The molecule has 4 aromatic carbocycles. The predicted molar refractivity (Wildman–Crippen MR) is 172 cm³/mol. The fourth-order valence-electron chi connectivity index (χ4n) is 4.45. The number of ether oxygens (including phenoxy) is 1. The number of methoxy groups -OCH3 is 1. The minimum atomic E-state index is -4.58. The van der Waals surface area contributed by atoms with Crippen LogP contribution < -0.4 is 19.1 Å². The summed E-state index contributed by atoms with van der Waals surface area (Å²) in [6.07, 6.45) is 0. The van der Waals surface area contributed by atoms with E-state index < -0.39 is 48.0 Å². The van der Waals surface area contributed by atoms with Gasteiger partial charge in [0.1, 0.15) is 12.3 Å². The zero-order valence-corrected chi connectivity index (χ0v) is 27.0. The standard InChI is InChI=1S/C30H29ClN4O8S2/c1-19-8-12-25(17-26(19)35(37)38)45(41,42)34(27-16-22(31)9-15-28(27)43-4)18-29(36)32-23-10-13-24(14-11-23)44(39,40)33-30-20(2)6-5-7-21(30)3/h5-17,33H,18H2,1-4H3,(H,32,36). The molecule has 12 nitrogen and oxygen atoms in total. The summed E-state index contributed by atoms with van der Waals surface area (Å²) < 4.78 is 62.5. The summed E-state index contributed by atoms with van der Waals surface area (Å²) in [6, 6.07) is 18.3. The van der Waals surface area contributed by atoms with Gasteiger partial charge in [-0.25, -0.2) is 16.8 Å². The normalized spacial score (nSPS) is 11.5. The molecule has 0 aromatic heterocycles. The van der Waals surface area contributed by atoms with Crippen LogP contribution in [0, 0.1) is 30.9 Å². The van der Waals surface area contributed by atoms with Gasteiger partial charge in [0.15, 0.2) is 0 Å². The van der Waals surface area contributed by atoms with Crippen molar-refractivity contribution in [2.75, 3.05) is 28.0 Å². The van der Waals surface area contributed by atoms with E-state index in [2.05, 4.69) is 10.0 Å². The molecule has 15 heteroatoms. The van der Waals surface area contributed by atoms with Gasteiger partial charge in [0, 0.05) is 22.3 Å². The number of carbonyl (C=O) groups is 1. The van der Waals surface area contributed by atoms with Gasteiger partial charge in [0.05, 0.1) is 33.2 Å². The van der Waals surface area contributed by atoms with Gasteiger partial charge < -0.3 is 10.1 Å². The summed E-state index contributed by atoms with van der Waals surface area (Å²) in [7, 11) is -7.24. The van der Waals surface area contributed by atoms with E-state index in [4.69, 9.17) is 16.3 Å². The van der Waals surface area contributed by atoms with Crippen molar-refractivity contribution in [3.63, 3.8) is 0 Å². The molecule has 0 heterocycles. The number of carbonyl (C=O) groups excluding carboxylic acids is 1. The molecule has 0 unspecified atom stereocenters. The van der Waals surface area contributed by atoms with Crippen molar-refractivity contribution in [2.24, 2.45) is 0 Å². The van der Waals surface area contributed by atoms with Crippen molar-refractivity contribution >= 4 is 60.3 Å². The number of para-hydroxylation sites is 1. The molecule has 0 radical (unpaired) electrons. The molecule has 0 atom stereocenters. The van der Waals surface area contributed by atoms with Crippen molar-refractivity contribution < 1.29 is 31.3 Å². The Labute approximate surface area is 265 Å². The number of nitrogens with zero attached hydrogens (tertiary/aromatic N) is 2. The van der Waals surface area contributed by atoms with Crippen LogP contribution in [0.15, 0.2) is 88.7 Å². The Bertz CT molecular complexity index is 1980. The van der Waals surface area contributed by atoms with Gasteiger partial charge in [-0.1, -0.05) is 35.9 Å². The minimum absolute atomic E-state index is 0.0583. The fourth-order valence-corrected chi connectivity index (χ4v) is 7.26. The van der Waals surface area contributed by atoms with Crippen LogP contribution in [0.2, 0.25) is 5.02 Å². The molecule has 0 spiro atoms. The molecule has 1 amide bonds. The Kier molecular flexibility index (Phi) is 9.71. The largest absolute Gasteiger partial charge is 0.495 e. The number of rotatable bonds is 11. The Morgan fingerprint density at radius 3 is 2.11 bits per heavy atom. The summed E-state index contributed by atoms with van der Waals surface area (Å²) in [5.41, 5.74) is 1.90. The Hall–Kier alpha value is -4.66. The molecular formula is C30H29ClN4O8S2. The van der Waals surface area contributed by atoms with Crippen molar-refractivity contribution in [3.05, 3.63) is 111 Å². The van der Waals surface area contributed by atoms with E-state index in [-0.39, 0.29) is 32.6 Å². The average Bonchev–Trinajstić information content (AvgIpc) is 2.98. The average molecular weight is 673 g/mol. The number of sulfonamides is 2. The number of aryl methyl sites for hydroxylation is 3. The molecule has 0 fully saturated rings. The lowest BCUT2D eigenvalue weighted by molar-refractivity contribution is -0.385. The summed E-state index contributed by atoms with van der Waals surface area (Å²) >= 11 is 6.17. The SMILES string of the molecule is COc1ccc(Cl)cc1N(CC(=O)Nc1ccc(S(=O)(=O)Nc2c(C)cccc2C)cc1)S(=O)(=O)c1ccc(C)c([N+](=O)[O-])c1. The molecular weight excluding hydrogens is 644 g/mol. The van der Waals surface area contributed by atoms with Gasteiger partial charge in [-0.3, -0.25) is 23.9 Å². The molecule has 236 valence electrons. The van der Waals surface area contributed by atoms with Gasteiger partial charge in [-0.2, -0.15) is 0 Å². The maximum atomic E-state index is 13.9. The van der Waals surface area contributed by atoms with E-state index in [1.165, 1.54) is 68.6 Å². The highest BCUT2D eigenvalue weighted by Crippen LogP contribution is 2.36. The van der Waals surface area contributed by atoms with Gasteiger partial charge >= 0.3 is 0 Å². The highest BCUT2D eigenvalue weighted by Gasteiger charge is 2.31. The number of benzene rings is 4. The minimum Gasteiger partial charge on any atom is -0.495 e. The fraction of sp³-hybridized carbons (Fsp3) is 0.167. The molecule has 4 aromatic rings. The molecule has 2 N–H and O–H groups in total. The van der Waals surface area contributed by atoms with Crippen LogP contribution in [0.4, 0.5) is 22.7 Å². The third kappa shape index (κ3) is 7.36. The van der Waals surface area contributed by atoms with E-state index in [0.717, 1.165) is 21.5 Å². The number of amides is 1. The van der Waals surface area contributed by atoms with Gasteiger partial charge in [-0.15, -0.1) is 0 Å². The second-order valence-electron chi connectivity index (χ2n) is 9.98. The topological polar surface area (TPSA) is 165 Å². The predicted octanol–water partition coefficient (Wildman–Crippen LogP) is 5.82. The Morgan fingerprint density at radius 2 is 1.51 bits per heavy atom. The second kappa shape index (κ2) is 13.1. The van der Waals surface area contributed by atoms with Crippen LogP contribution in [0.5, 0.6) is 5.75 Å².